The molecule has 0 fully saturated rings. The summed E-state index contributed by atoms with van der Waals surface area (Å²) >= 11 is 0. The Kier molecular flexibility index (Phi) is 7.64. The summed E-state index contributed by atoms with van der Waals surface area (Å²) in [6.45, 7) is 1.52. The Labute approximate surface area is 174 Å². The monoisotopic (exact) mass is 416 g/mol. The number of methoxy groups -OCH3 is 2. The van der Waals surface area contributed by atoms with E-state index in [0.717, 1.165) is 0 Å². The van der Waals surface area contributed by atoms with Crippen LogP contribution >= 0.6 is 0 Å². The Bertz CT molecular complexity index is 893. The molecule has 0 amide bonds. The molecule has 1 heterocycles. The quantitative estimate of drug-likeness (QED) is 0.691. The fraction of sp³-hybridized carbons (Fsp3) is 0.364. The van der Waals surface area contributed by atoms with Crippen LogP contribution in [0, 0.1) is 0 Å². The van der Waals surface area contributed by atoms with Gasteiger partial charge >= 0.3 is 11.9 Å². The number of hydrogen-bond donors (Lipinski definition) is 0. The molecule has 1 aliphatic heterocycles. The molecule has 2 aromatic rings. The predicted octanol–water partition coefficient (Wildman–Crippen LogP) is 2.76. The van der Waals surface area contributed by atoms with Crippen molar-refractivity contribution in [3.8, 4) is 11.5 Å². The lowest BCUT2D eigenvalue weighted by molar-refractivity contribution is 0.0544. The van der Waals surface area contributed by atoms with E-state index in [1.54, 1.807) is 12.1 Å². The van der Waals surface area contributed by atoms with Gasteiger partial charge in [0.05, 0.1) is 51.8 Å². The van der Waals surface area contributed by atoms with Gasteiger partial charge in [-0.25, -0.2) is 9.59 Å². The average molecular weight is 416 g/mol. The number of benzene rings is 2. The molecule has 0 aromatic heterocycles. The number of fused-ring (bicyclic) bond motifs is 3. The minimum Gasteiger partial charge on any atom is -0.487 e. The third kappa shape index (κ3) is 5.28. The van der Waals surface area contributed by atoms with Crippen molar-refractivity contribution < 1.29 is 38.0 Å². The minimum atomic E-state index is -0.641. The summed E-state index contributed by atoms with van der Waals surface area (Å²) in [5.74, 6) is -0.0475. The van der Waals surface area contributed by atoms with Gasteiger partial charge in [0.25, 0.3) is 0 Å². The molecule has 0 aliphatic carbocycles. The van der Waals surface area contributed by atoms with Gasteiger partial charge in [-0.15, -0.1) is 0 Å². The Morgan fingerprint density at radius 1 is 0.800 bits per heavy atom. The maximum Gasteiger partial charge on any atom is 0.339 e. The number of carbonyl (C=O) groups is 2. The number of esters is 2. The van der Waals surface area contributed by atoms with Gasteiger partial charge in [0.1, 0.15) is 13.2 Å². The lowest BCUT2D eigenvalue weighted by atomic mass is 9.97. The number of carbonyl (C=O) groups excluding carboxylic acids is 2. The molecule has 0 N–H and O–H groups in total. The number of hydrogen-bond acceptors (Lipinski definition) is 8. The molecule has 2 aromatic carbocycles. The van der Waals surface area contributed by atoms with Gasteiger partial charge in [-0.1, -0.05) is 18.2 Å². The standard InChI is InChI=1S/C22H24O8/c1-25-21(23)17-12-15-11-16(20(17)22(24)26-2)14-28-8-10-30-19-6-4-3-5-18(19)29-9-7-27-13-15/h3-6,11-12H,7-10,13-14H2,1-2H3. The fourth-order valence-electron chi connectivity index (χ4n) is 3.06. The molecular weight excluding hydrogens is 392 g/mol. The smallest absolute Gasteiger partial charge is 0.339 e. The molecule has 1 aliphatic rings. The van der Waals surface area contributed by atoms with Crippen LogP contribution in [0.4, 0.5) is 0 Å². The van der Waals surface area contributed by atoms with Gasteiger partial charge < -0.3 is 28.4 Å². The maximum absolute atomic E-state index is 12.4. The zero-order chi connectivity index (χ0) is 21.3. The molecule has 8 nitrogen and oxygen atoms in total. The summed E-state index contributed by atoms with van der Waals surface area (Å²) in [5.41, 5.74) is 1.43. The molecule has 8 heteroatoms. The number of para-hydroxylation sites is 2. The van der Waals surface area contributed by atoms with Crippen LogP contribution in [0.15, 0.2) is 36.4 Å². The first-order valence-electron chi connectivity index (χ1n) is 9.46. The van der Waals surface area contributed by atoms with Crippen LogP contribution in [-0.4, -0.2) is 52.6 Å². The molecule has 30 heavy (non-hydrogen) atoms. The second kappa shape index (κ2) is 10.6. The molecular formula is C22H24O8. The lowest BCUT2D eigenvalue weighted by Crippen LogP contribution is -2.17. The molecule has 0 saturated carbocycles. The van der Waals surface area contributed by atoms with Crippen molar-refractivity contribution in [3.05, 3.63) is 58.7 Å². The van der Waals surface area contributed by atoms with Gasteiger partial charge in [-0.3, -0.25) is 0 Å². The SMILES string of the molecule is COC(=O)c1cc2cc(c1C(=O)OC)COCCOc1ccccc1OCCOC2. The normalized spacial score (nSPS) is 14.7. The van der Waals surface area contributed by atoms with Crippen LogP contribution in [0.3, 0.4) is 0 Å². The van der Waals surface area contributed by atoms with Crippen LogP contribution in [0.25, 0.3) is 0 Å². The van der Waals surface area contributed by atoms with E-state index in [9.17, 15) is 9.59 Å². The highest BCUT2D eigenvalue weighted by Gasteiger charge is 2.24. The van der Waals surface area contributed by atoms with Crippen LogP contribution in [0.2, 0.25) is 0 Å². The van der Waals surface area contributed by atoms with E-state index in [4.69, 9.17) is 28.4 Å². The van der Waals surface area contributed by atoms with E-state index in [-0.39, 0.29) is 37.6 Å². The fourth-order valence-corrected chi connectivity index (χ4v) is 3.06. The van der Waals surface area contributed by atoms with E-state index in [1.165, 1.54) is 14.2 Å². The summed E-state index contributed by atoms with van der Waals surface area (Å²) in [6.07, 6.45) is 0. The molecule has 0 spiro atoms. The van der Waals surface area contributed by atoms with E-state index in [2.05, 4.69) is 0 Å². The first kappa shape index (κ1) is 21.6. The predicted molar refractivity (Wildman–Crippen MR) is 106 cm³/mol. The van der Waals surface area contributed by atoms with Crippen LogP contribution in [0.1, 0.15) is 31.8 Å². The Balaban J connectivity index is 1.88. The van der Waals surface area contributed by atoms with Crippen LogP contribution in [-0.2, 0) is 32.2 Å². The highest BCUT2D eigenvalue weighted by Crippen LogP contribution is 2.27. The molecule has 2 bridgehead atoms. The molecule has 160 valence electrons. The lowest BCUT2D eigenvalue weighted by Gasteiger charge is -2.15. The zero-order valence-corrected chi connectivity index (χ0v) is 17.0. The maximum atomic E-state index is 12.4. The van der Waals surface area contributed by atoms with Crippen LogP contribution < -0.4 is 9.47 Å². The minimum absolute atomic E-state index is 0.0871. The summed E-state index contributed by atoms with van der Waals surface area (Å²) in [4.78, 5) is 24.7. The first-order chi connectivity index (χ1) is 14.6. The summed E-state index contributed by atoms with van der Waals surface area (Å²) in [7, 11) is 2.51. The molecule has 3 rings (SSSR count). The molecule has 0 radical (unpaired) electrons. The molecule has 0 saturated heterocycles. The average Bonchev–Trinajstić information content (AvgIpc) is 2.78. The third-order valence-corrected chi connectivity index (χ3v) is 4.42. The highest BCUT2D eigenvalue weighted by molar-refractivity contribution is 6.04. The van der Waals surface area contributed by atoms with Crippen molar-refractivity contribution in [3.63, 3.8) is 0 Å². The van der Waals surface area contributed by atoms with Gasteiger partial charge in [-0.2, -0.15) is 0 Å². The number of rotatable bonds is 2. The largest absolute Gasteiger partial charge is 0.487 e. The van der Waals surface area contributed by atoms with Crippen molar-refractivity contribution in [2.24, 2.45) is 0 Å². The second-order valence-electron chi connectivity index (χ2n) is 6.41. The summed E-state index contributed by atoms with van der Waals surface area (Å²) in [6, 6.07) is 10.7. The van der Waals surface area contributed by atoms with E-state index >= 15 is 0 Å². The van der Waals surface area contributed by atoms with Gasteiger partial charge in [-0.05, 0) is 29.3 Å². The van der Waals surface area contributed by atoms with Crippen molar-refractivity contribution in [1.82, 2.24) is 0 Å². The Hall–Kier alpha value is -3.10. The summed E-state index contributed by atoms with van der Waals surface area (Å²) in [5, 5.41) is 0. The Morgan fingerprint density at radius 2 is 1.40 bits per heavy atom. The molecule has 0 unspecified atom stereocenters. The van der Waals surface area contributed by atoms with Crippen molar-refractivity contribution >= 4 is 11.9 Å². The second-order valence-corrected chi connectivity index (χ2v) is 6.41. The highest BCUT2D eigenvalue weighted by atomic mass is 16.6. The topological polar surface area (TPSA) is 89.5 Å². The van der Waals surface area contributed by atoms with Crippen molar-refractivity contribution in [2.75, 3.05) is 40.6 Å². The molecule has 0 atom stereocenters. The van der Waals surface area contributed by atoms with E-state index < -0.39 is 11.9 Å². The van der Waals surface area contributed by atoms with E-state index in [0.29, 0.717) is 35.8 Å². The summed E-state index contributed by atoms with van der Waals surface area (Å²) < 4.78 is 32.6. The van der Waals surface area contributed by atoms with E-state index in [1.807, 2.05) is 24.3 Å². The van der Waals surface area contributed by atoms with Crippen molar-refractivity contribution in [1.29, 1.82) is 0 Å². The number of ether oxygens (including phenoxy) is 6. The van der Waals surface area contributed by atoms with Gasteiger partial charge in [0, 0.05) is 0 Å². The zero-order valence-electron chi connectivity index (χ0n) is 17.0. The third-order valence-electron chi connectivity index (χ3n) is 4.42. The van der Waals surface area contributed by atoms with Gasteiger partial charge in [0.15, 0.2) is 11.5 Å². The van der Waals surface area contributed by atoms with Gasteiger partial charge in [0.2, 0.25) is 0 Å². The Morgan fingerprint density at radius 3 is 2.00 bits per heavy atom. The van der Waals surface area contributed by atoms with Crippen molar-refractivity contribution in [2.45, 2.75) is 13.2 Å². The first-order valence-corrected chi connectivity index (χ1v) is 9.46. The van der Waals surface area contributed by atoms with Crippen LogP contribution in [0.5, 0.6) is 11.5 Å².